The number of aliphatic carboxylic acids is 1. The molecule has 0 radical (unpaired) electrons. The summed E-state index contributed by atoms with van der Waals surface area (Å²) in [6.45, 7) is 3.70. The minimum Gasteiger partial charge on any atom is -0.478 e. The minimum absolute atomic E-state index is 0.363. The summed E-state index contributed by atoms with van der Waals surface area (Å²) < 4.78 is 4.75. The quantitative estimate of drug-likeness (QED) is 0.602. The van der Waals surface area contributed by atoms with Crippen molar-refractivity contribution in [1.82, 2.24) is 0 Å². The first-order valence-corrected chi connectivity index (χ1v) is 2.98. The highest BCUT2D eigenvalue weighted by Gasteiger charge is 2.03. The second kappa shape index (κ2) is 4.06. The lowest BCUT2D eigenvalue weighted by Crippen LogP contribution is -2.02. The van der Waals surface area contributed by atoms with Crippen LogP contribution in [0.25, 0.3) is 0 Å². The van der Waals surface area contributed by atoms with Gasteiger partial charge in [0.2, 0.25) is 0 Å². The van der Waals surface area contributed by atoms with Crippen molar-refractivity contribution < 1.29 is 14.6 Å². The number of hydrogen-bond donors (Lipinski definition) is 1. The number of carbonyl (C=O) groups is 1. The van der Waals surface area contributed by atoms with Crippen LogP contribution in [0.5, 0.6) is 0 Å². The third kappa shape index (κ3) is 2.64. The van der Waals surface area contributed by atoms with Gasteiger partial charge in [0.25, 0.3) is 0 Å². The molecule has 3 nitrogen and oxygen atoms in total. The van der Waals surface area contributed by atoms with Gasteiger partial charge in [-0.1, -0.05) is 0 Å². The van der Waals surface area contributed by atoms with Crippen LogP contribution in [0.4, 0.5) is 0 Å². The summed E-state index contributed by atoms with van der Waals surface area (Å²) >= 11 is 0. The van der Waals surface area contributed by atoms with Gasteiger partial charge in [0.1, 0.15) is 0 Å². The summed E-state index contributed by atoms with van der Waals surface area (Å²) in [4.78, 5) is 10.3. The van der Waals surface area contributed by atoms with Crippen LogP contribution in [0.15, 0.2) is 11.1 Å². The molecule has 0 aromatic heterocycles. The molecular weight excluding hydrogens is 132 g/mol. The molecule has 0 heterocycles. The van der Waals surface area contributed by atoms with E-state index in [-0.39, 0.29) is 0 Å². The third-order valence-corrected chi connectivity index (χ3v) is 1.32. The Balaban J connectivity index is 4.19. The van der Waals surface area contributed by atoms with Crippen molar-refractivity contribution in [2.24, 2.45) is 0 Å². The topological polar surface area (TPSA) is 46.5 Å². The maximum absolute atomic E-state index is 10.3. The molecule has 0 aliphatic rings. The first kappa shape index (κ1) is 9.17. The average molecular weight is 144 g/mol. The van der Waals surface area contributed by atoms with Gasteiger partial charge >= 0.3 is 5.97 Å². The fourth-order valence-corrected chi connectivity index (χ4v) is 0.507. The predicted octanol–water partition coefficient (Wildman–Crippen LogP) is 1.05. The summed E-state index contributed by atoms with van der Waals surface area (Å²) in [5, 5.41) is 8.47. The van der Waals surface area contributed by atoms with Crippen LogP contribution in [0, 0.1) is 0 Å². The SMILES string of the molecule is COCC(C)=C(C)C(=O)O. The van der Waals surface area contributed by atoms with E-state index in [1.807, 2.05) is 0 Å². The standard InChI is InChI=1S/C7H12O3/c1-5(4-10-3)6(2)7(8)9/h4H2,1-3H3,(H,8,9). The molecule has 0 bridgehead atoms. The lowest BCUT2D eigenvalue weighted by Gasteiger charge is -2.00. The van der Waals surface area contributed by atoms with E-state index in [2.05, 4.69) is 0 Å². The monoisotopic (exact) mass is 144 g/mol. The molecule has 0 atom stereocenters. The van der Waals surface area contributed by atoms with Crippen molar-refractivity contribution in [2.45, 2.75) is 13.8 Å². The number of methoxy groups -OCH3 is 1. The molecule has 10 heavy (non-hydrogen) atoms. The molecule has 0 saturated carbocycles. The molecule has 0 rings (SSSR count). The van der Waals surface area contributed by atoms with E-state index in [4.69, 9.17) is 9.84 Å². The normalized spacial score (nSPS) is 12.7. The van der Waals surface area contributed by atoms with E-state index >= 15 is 0 Å². The zero-order valence-corrected chi connectivity index (χ0v) is 6.47. The Bertz CT molecular complexity index is 158. The zero-order valence-electron chi connectivity index (χ0n) is 6.47. The van der Waals surface area contributed by atoms with Crippen molar-refractivity contribution >= 4 is 5.97 Å². The first-order valence-electron chi connectivity index (χ1n) is 2.98. The second-order valence-corrected chi connectivity index (χ2v) is 2.14. The van der Waals surface area contributed by atoms with Crippen molar-refractivity contribution in [3.63, 3.8) is 0 Å². The van der Waals surface area contributed by atoms with E-state index in [0.717, 1.165) is 5.57 Å². The van der Waals surface area contributed by atoms with Gasteiger partial charge in [-0.05, 0) is 19.4 Å². The summed E-state index contributed by atoms with van der Waals surface area (Å²) in [5.74, 6) is -0.880. The fraction of sp³-hybridized carbons (Fsp3) is 0.571. The van der Waals surface area contributed by atoms with Crippen LogP contribution >= 0.6 is 0 Å². The Morgan fingerprint density at radius 3 is 2.30 bits per heavy atom. The molecule has 1 N–H and O–H groups in total. The van der Waals surface area contributed by atoms with Gasteiger partial charge in [0.15, 0.2) is 0 Å². The lowest BCUT2D eigenvalue weighted by atomic mass is 10.2. The Kier molecular flexibility index (Phi) is 3.72. The number of carboxylic acids is 1. The number of ether oxygens (including phenoxy) is 1. The second-order valence-electron chi connectivity index (χ2n) is 2.14. The van der Waals surface area contributed by atoms with Gasteiger partial charge in [0, 0.05) is 12.7 Å². The van der Waals surface area contributed by atoms with Crippen molar-refractivity contribution in [3.8, 4) is 0 Å². The Hall–Kier alpha value is -0.830. The molecule has 0 aliphatic heterocycles. The van der Waals surface area contributed by atoms with Crippen LogP contribution in [0.1, 0.15) is 13.8 Å². The maximum atomic E-state index is 10.3. The van der Waals surface area contributed by atoms with E-state index in [9.17, 15) is 4.79 Å². The van der Waals surface area contributed by atoms with E-state index in [0.29, 0.717) is 12.2 Å². The van der Waals surface area contributed by atoms with Gasteiger partial charge in [-0.3, -0.25) is 0 Å². The largest absolute Gasteiger partial charge is 0.478 e. The zero-order chi connectivity index (χ0) is 8.15. The molecular formula is C7H12O3. The third-order valence-electron chi connectivity index (χ3n) is 1.32. The molecule has 0 spiro atoms. The van der Waals surface area contributed by atoms with Crippen LogP contribution in [-0.2, 0) is 9.53 Å². The van der Waals surface area contributed by atoms with Crippen molar-refractivity contribution in [3.05, 3.63) is 11.1 Å². The predicted molar refractivity (Wildman–Crippen MR) is 37.9 cm³/mol. The van der Waals surface area contributed by atoms with Gasteiger partial charge < -0.3 is 9.84 Å². The van der Waals surface area contributed by atoms with Crippen molar-refractivity contribution in [2.75, 3.05) is 13.7 Å². The Labute approximate surface area is 60.3 Å². The summed E-state index contributed by atoms with van der Waals surface area (Å²) in [7, 11) is 1.54. The molecule has 0 aromatic carbocycles. The van der Waals surface area contributed by atoms with Crippen LogP contribution in [-0.4, -0.2) is 24.8 Å². The maximum Gasteiger partial charge on any atom is 0.331 e. The molecule has 0 fully saturated rings. The van der Waals surface area contributed by atoms with Crippen LogP contribution < -0.4 is 0 Å². The van der Waals surface area contributed by atoms with Gasteiger partial charge in [0.05, 0.1) is 6.61 Å². The lowest BCUT2D eigenvalue weighted by molar-refractivity contribution is -0.132. The van der Waals surface area contributed by atoms with Gasteiger partial charge in [-0.25, -0.2) is 4.79 Å². The first-order chi connectivity index (χ1) is 4.59. The minimum atomic E-state index is -0.880. The molecule has 3 heteroatoms. The fourth-order valence-electron chi connectivity index (χ4n) is 0.507. The molecule has 0 amide bonds. The highest BCUT2D eigenvalue weighted by Crippen LogP contribution is 2.02. The number of rotatable bonds is 3. The Morgan fingerprint density at radius 2 is 2.00 bits per heavy atom. The molecule has 0 aliphatic carbocycles. The molecule has 0 saturated heterocycles. The smallest absolute Gasteiger partial charge is 0.331 e. The Morgan fingerprint density at radius 1 is 1.50 bits per heavy atom. The number of carboxylic acid groups (broad SMARTS) is 1. The number of hydrogen-bond acceptors (Lipinski definition) is 2. The van der Waals surface area contributed by atoms with Crippen LogP contribution in [0.3, 0.4) is 0 Å². The molecule has 0 unspecified atom stereocenters. The van der Waals surface area contributed by atoms with Crippen LogP contribution in [0.2, 0.25) is 0 Å². The van der Waals surface area contributed by atoms with E-state index < -0.39 is 5.97 Å². The summed E-state index contributed by atoms with van der Waals surface area (Å²) in [6.07, 6.45) is 0. The summed E-state index contributed by atoms with van der Waals surface area (Å²) in [5.41, 5.74) is 1.12. The summed E-state index contributed by atoms with van der Waals surface area (Å²) in [6, 6.07) is 0. The van der Waals surface area contributed by atoms with Gasteiger partial charge in [-0.2, -0.15) is 0 Å². The van der Waals surface area contributed by atoms with E-state index in [1.54, 1.807) is 21.0 Å². The molecule has 58 valence electrons. The van der Waals surface area contributed by atoms with Gasteiger partial charge in [-0.15, -0.1) is 0 Å². The highest BCUT2D eigenvalue weighted by molar-refractivity contribution is 5.86. The highest BCUT2D eigenvalue weighted by atomic mass is 16.5. The van der Waals surface area contributed by atoms with E-state index in [1.165, 1.54) is 0 Å². The molecule has 0 aromatic rings. The average Bonchev–Trinajstić information content (AvgIpc) is 1.87. The van der Waals surface area contributed by atoms with Crippen molar-refractivity contribution in [1.29, 1.82) is 0 Å².